The van der Waals surface area contributed by atoms with E-state index < -0.39 is 24.9 Å². The number of aliphatic imine (C=N–C) groups is 2. The van der Waals surface area contributed by atoms with E-state index in [1.165, 1.54) is 0 Å². The van der Waals surface area contributed by atoms with E-state index in [0.29, 0.717) is 22.9 Å². The van der Waals surface area contributed by atoms with Crippen molar-refractivity contribution in [1.29, 1.82) is 0 Å². The Morgan fingerprint density at radius 3 is 2.10 bits per heavy atom. The van der Waals surface area contributed by atoms with Crippen LogP contribution in [-0.4, -0.2) is 53.2 Å². The first-order valence-electron chi connectivity index (χ1n) is 9.51. The molecule has 0 aliphatic heterocycles. The van der Waals surface area contributed by atoms with Gasteiger partial charge in [-0.05, 0) is 54.8 Å². The van der Waals surface area contributed by atoms with Gasteiger partial charge >= 0.3 is 0 Å². The molecule has 29 heavy (non-hydrogen) atoms. The van der Waals surface area contributed by atoms with Crippen LogP contribution in [0.4, 0.5) is 0 Å². The molecule has 1 unspecified atom stereocenters. The Labute approximate surface area is 171 Å². The van der Waals surface area contributed by atoms with Crippen molar-refractivity contribution in [3.8, 4) is 11.5 Å². The predicted octanol–water partition coefficient (Wildman–Crippen LogP) is 2.44. The lowest BCUT2D eigenvalue weighted by Gasteiger charge is -2.27. The molecule has 2 rings (SSSR count). The first-order valence-corrected chi connectivity index (χ1v) is 9.51. The van der Waals surface area contributed by atoms with E-state index >= 15 is 0 Å². The average molecular weight is 399 g/mol. The van der Waals surface area contributed by atoms with Crippen LogP contribution in [0.3, 0.4) is 0 Å². The van der Waals surface area contributed by atoms with Gasteiger partial charge in [-0.15, -0.1) is 0 Å². The fourth-order valence-electron chi connectivity index (χ4n) is 2.69. The van der Waals surface area contributed by atoms with E-state index in [9.17, 15) is 15.3 Å². The molecule has 0 saturated carbocycles. The van der Waals surface area contributed by atoms with Crippen molar-refractivity contribution in [2.24, 2.45) is 15.7 Å². The van der Waals surface area contributed by atoms with E-state index in [0.717, 1.165) is 12.0 Å². The molecule has 156 valence electrons. The number of benzene rings is 2. The topological polar surface area (TPSA) is 121 Å². The summed E-state index contributed by atoms with van der Waals surface area (Å²) < 4.78 is 5.84. The maximum Gasteiger partial charge on any atom is 0.153 e. The minimum Gasteiger partial charge on any atom is -0.457 e. The van der Waals surface area contributed by atoms with Crippen LogP contribution >= 0.6 is 0 Å². The second-order valence-corrected chi connectivity index (χ2v) is 6.86. The summed E-state index contributed by atoms with van der Waals surface area (Å²) >= 11 is 0. The monoisotopic (exact) mass is 399 g/mol. The number of amidine groups is 1. The molecule has 0 aliphatic rings. The molecule has 0 saturated heterocycles. The van der Waals surface area contributed by atoms with Crippen molar-refractivity contribution in [2.75, 3.05) is 20.3 Å². The predicted molar refractivity (Wildman–Crippen MR) is 115 cm³/mol. The molecule has 1 atom stereocenters. The van der Waals surface area contributed by atoms with Gasteiger partial charge in [0.15, 0.2) is 5.84 Å². The van der Waals surface area contributed by atoms with Gasteiger partial charge in [0.1, 0.15) is 11.5 Å². The summed E-state index contributed by atoms with van der Waals surface area (Å²) in [5.74, 6) is 1.95. The van der Waals surface area contributed by atoms with E-state index in [4.69, 9.17) is 10.5 Å². The van der Waals surface area contributed by atoms with Gasteiger partial charge in [0, 0.05) is 18.8 Å². The number of rotatable bonds is 9. The minimum atomic E-state index is -1.22. The average Bonchev–Trinajstić information content (AvgIpc) is 2.75. The van der Waals surface area contributed by atoms with E-state index in [1.807, 2.05) is 37.4 Å². The largest absolute Gasteiger partial charge is 0.457 e. The quantitative estimate of drug-likeness (QED) is 0.381. The summed E-state index contributed by atoms with van der Waals surface area (Å²) in [5, 5.41) is 28.8. The fourth-order valence-corrected chi connectivity index (χ4v) is 2.69. The van der Waals surface area contributed by atoms with Gasteiger partial charge in [-0.1, -0.05) is 19.1 Å². The number of nitrogens with zero attached hydrogens (tertiary/aromatic N) is 2. The third-order valence-corrected chi connectivity index (χ3v) is 4.45. The molecule has 0 bridgehead atoms. The molecule has 0 amide bonds. The van der Waals surface area contributed by atoms with Crippen LogP contribution in [0.15, 0.2) is 58.5 Å². The lowest BCUT2D eigenvalue weighted by atomic mass is 9.92. The zero-order chi connectivity index (χ0) is 21.3. The second kappa shape index (κ2) is 10.8. The van der Waals surface area contributed by atoms with Gasteiger partial charge < -0.3 is 25.8 Å². The Kier molecular flexibility index (Phi) is 8.48. The molecule has 0 aromatic heterocycles. The highest BCUT2D eigenvalue weighted by Crippen LogP contribution is 2.27. The molecule has 0 heterocycles. The van der Waals surface area contributed by atoms with E-state index in [-0.39, 0.29) is 6.42 Å². The van der Waals surface area contributed by atoms with Crippen molar-refractivity contribution in [1.82, 2.24) is 0 Å². The molecule has 7 nitrogen and oxygen atoms in total. The van der Waals surface area contributed by atoms with Crippen LogP contribution < -0.4 is 10.5 Å². The van der Waals surface area contributed by atoms with Gasteiger partial charge in [0.25, 0.3) is 0 Å². The third-order valence-electron chi connectivity index (χ3n) is 4.45. The molecular weight excluding hydrogens is 370 g/mol. The highest BCUT2D eigenvalue weighted by Gasteiger charge is 2.27. The van der Waals surface area contributed by atoms with Crippen molar-refractivity contribution in [3.05, 3.63) is 59.7 Å². The molecule has 0 radical (unpaired) electrons. The van der Waals surface area contributed by atoms with Crippen molar-refractivity contribution >= 4 is 12.1 Å². The van der Waals surface area contributed by atoms with Crippen molar-refractivity contribution < 1.29 is 20.1 Å². The minimum absolute atomic E-state index is 0.0451. The first-order chi connectivity index (χ1) is 13.9. The lowest BCUT2D eigenvalue weighted by molar-refractivity contribution is 0.0618. The molecule has 7 heteroatoms. The Bertz CT molecular complexity index is 813. The van der Waals surface area contributed by atoms with Crippen molar-refractivity contribution in [3.63, 3.8) is 0 Å². The zero-order valence-corrected chi connectivity index (χ0v) is 16.8. The van der Waals surface area contributed by atoms with Crippen molar-refractivity contribution in [2.45, 2.75) is 31.4 Å². The molecule has 2 aromatic rings. The van der Waals surface area contributed by atoms with Gasteiger partial charge in [-0.3, -0.25) is 4.99 Å². The highest BCUT2D eigenvalue weighted by molar-refractivity contribution is 6.02. The second-order valence-electron chi connectivity index (χ2n) is 6.86. The zero-order valence-electron chi connectivity index (χ0n) is 16.8. The van der Waals surface area contributed by atoms with Gasteiger partial charge in [-0.25, -0.2) is 4.99 Å². The third kappa shape index (κ3) is 6.47. The van der Waals surface area contributed by atoms with Crippen LogP contribution in [0.1, 0.15) is 37.0 Å². The number of hydrogen-bond acceptors (Lipinski definition) is 6. The Hall–Kier alpha value is -2.58. The van der Waals surface area contributed by atoms with E-state index in [1.54, 1.807) is 31.3 Å². The number of hydrogen-bond donors (Lipinski definition) is 4. The normalized spacial score (nSPS) is 13.7. The lowest BCUT2D eigenvalue weighted by Crippen LogP contribution is -2.48. The van der Waals surface area contributed by atoms with Gasteiger partial charge in [-0.2, -0.15) is 0 Å². The molecular formula is C22H29N3O4. The van der Waals surface area contributed by atoms with Crippen LogP contribution in [0, 0.1) is 0 Å². The summed E-state index contributed by atoms with van der Waals surface area (Å²) in [6.45, 7) is 1.20. The Morgan fingerprint density at radius 2 is 1.62 bits per heavy atom. The number of ether oxygens (including phenoxy) is 1. The van der Waals surface area contributed by atoms with Crippen LogP contribution in [0.2, 0.25) is 0 Å². The maximum absolute atomic E-state index is 10.3. The fraction of sp³-hybridized carbons (Fsp3) is 0.364. The smallest absolute Gasteiger partial charge is 0.153 e. The Morgan fingerprint density at radius 1 is 1.07 bits per heavy atom. The number of aliphatic hydroxyl groups is 3. The van der Waals surface area contributed by atoms with Gasteiger partial charge in [0.05, 0.1) is 24.9 Å². The standard InChI is InChI=1S/C22H29N3O4/c1-3-12-25-21(24-2)17-6-10-19(11-7-17)29-18-8-4-16(5-9-18)20(28)13-22(23,14-26)15-27/h4-12,20,26-28H,3,13-15,23H2,1-2H3. The molecule has 5 N–H and O–H groups in total. The van der Waals surface area contributed by atoms with Gasteiger partial charge in [0.2, 0.25) is 0 Å². The number of aliphatic hydroxyl groups excluding tert-OH is 3. The van der Waals surface area contributed by atoms with E-state index in [2.05, 4.69) is 9.98 Å². The maximum atomic E-state index is 10.3. The summed E-state index contributed by atoms with van der Waals surface area (Å²) in [7, 11) is 1.71. The van der Waals surface area contributed by atoms with Crippen LogP contribution in [0.5, 0.6) is 11.5 Å². The Balaban J connectivity index is 2.03. The summed E-state index contributed by atoms with van der Waals surface area (Å²) in [4.78, 5) is 8.52. The van der Waals surface area contributed by atoms with Crippen LogP contribution in [0.25, 0.3) is 0 Å². The summed E-state index contributed by atoms with van der Waals surface area (Å²) in [6, 6.07) is 14.4. The molecule has 0 spiro atoms. The highest BCUT2D eigenvalue weighted by atomic mass is 16.5. The van der Waals surface area contributed by atoms with Crippen LogP contribution in [-0.2, 0) is 0 Å². The summed E-state index contributed by atoms with van der Waals surface area (Å²) in [6.07, 6.45) is 1.81. The molecule has 0 fully saturated rings. The SMILES string of the molecule is CCC=NC(=NC)c1ccc(Oc2ccc(C(O)CC(N)(CO)CO)cc2)cc1. The summed E-state index contributed by atoms with van der Waals surface area (Å²) in [5.41, 5.74) is 6.14. The molecule has 0 aliphatic carbocycles. The number of nitrogens with two attached hydrogens (primary N) is 1. The molecule has 2 aromatic carbocycles. The first kappa shape index (κ1) is 22.7.